The van der Waals surface area contributed by atoms with Gasteiger partial charge in [-0.15, -0.1) is 0 Å². The van der Waals surface area contributed by atoms with Gasteiger partial charge < -0.3 is 10.5 Å². The van der Waals surface area contributed by atoms with Crippen molar-refractivity contribution in [3.05, 3.63) is 45.4 Å². The molecule has 8 heteroatoms. The second-order valence-electron chi connectivity index (χ2n) is 4.68. The Labute approximate surface area is 147 Å². The summed E-state index contributed by atoms with van der Waals surface area (Å²) < 4.78 is 5.31. The number of nitrogens with zero attached hydrogens (tertiary/aromatic N) is 2. The minimum atomic E-state index is 0.396. The molecule has 0 aliphatic heterocycles. The van der Waals surface area contributed by atoms with Crippen molar-refractivity contribution in [3.8, 4) is 28.5 Å². The topological polar surface area (TPSA) is 76.8 Å². The predicted molar refractivity (Wildman–Crippen MR) is 93.2 cm³/mol. The summed E-state index contributed by atoms with van der Waals surface area (Å²) in [4.78, 5) is 4.44. The van der Waals surface area contributed by atoms with Crippen LogP contribution in [0.1, 0.15) is 0 Å². The number of nitrogen functional groups attached to an aromatic ring is 1. The lowest BCUT2D eigenvalue weighted by Gasteiger charge is -2.08. The quantitative estimate of drug-likeness (QED) is 0.657. The highest BCUT2D eigenvalue weighted by Gasteiger charge is 2.16. The second kappa shape index (κ2) is 6.28. The van der Waals surface area contributed by atoms with Crippen LogP contribution in [0.25, 0.3) is 22.8 Å². The van der Waals surface area contributed by atoms with E-state index in [1.807, 2.05) is 0 Å². The third kappa shape index (κ3) is 2.95. The number of aromatic amines is 1. The number of anilines is 1. The Bertz CT molecular complexity index is 879. The van der Waals surface area contributed by atoms with E-state index in [2.05, 4.69) is 15.2 Å². The molecule has 5 nitrogen and oxygen atoms in total. The van der Waals surface area contributed by atoms with Crippen LogP contribution in [-0.2, 0) is 0 Å². The van der Waals surface area contributed by atoms with Gasteiger partial charge in [0.25, 0.3) is 0 Å². The molecule has 0 fully saturated rings. The van der Waals surface area contributed by atoms with Crippen LogP contribution in [0.2, 0.25) is 15.1 Å². The van der Waals surface area contributed by atoms with Crippen LogP contribution in [-0.4, -0.2) is 22.3 Å². The molecule has 3 rings (SSSR count). The lowest BCUT2D eigenvalue weighted by molar-refractivity contribution is 0.416. The number of hydrogen-bond donors (Lipinski definition) is 2. The predicted octanol–water partition coefficient (Wildman–Crippen LogP) is 4.69. The summed E-state index contributed by atoms with van der Waals surface area (Å²) in [5.74, 6) is 1.42. The van der Waals surface area contributed by atoms with E-state index < -0.39 is 0 Å². The first-order chi connectivity index (χ1) is 11.0. The Balaban J connectivity index is 2.09. The first-order valence-electron chi connectivity index (χ1n) is 6.51. The Hall–Kier alpha value is -1.95. The lowest BCUT2D eigenvalue weighted by atomic mass is 10.1. The molecule has 2 aromatic carbocycles. The molecule has 118 valence electrons. The Morgan fingerprint density at radius 3 is 2.61 bits per heavy atom. The van der Waals surface area contributed by atoms with Gasteiger partial charge in [-0.3, -0.25) is 5.10 Å². The van der Waals surface area contributed by atoms with E-state index in [0.717, 1.165) is 0 Å². The number of halogens is 3. The summed E-state index contributed by atoms with van der Waals surface area (Å²) in [6, 6.07) is 8.56. The molecule has 0 unspecified atom stereocenters. The van der Waals surface area contributed by atoms with E-state index in [-0.39, 0.29) is 0 Å². The molecular weight excluding hydrogens is 359 g/mol. The third-order valence-corrected chi connectivity index (χ3v) is 4.40. The van der Waals surface area contributed by atoms with Crippen molar-refractivity contribution in [1.82, 2.24) is 15.2 Å². The number of rotatable bonds is 3. The Kier molecular flexibility index (Phi) is 4.35. The fourth-order valence-corrected chi connectivity index (χ4v) is 2.66. The van der Waals surface area contributed by atoms with Gasteiger partial charge in [-0.05, 0) is 18.2 Å². The number of hydrogen-bond acceptors (Lipinski definition) is 4. The summed E-state index contributed by atoms with van der Waals surface area (Å²) in [5, 5.41) is 8.27. The van der Waals surface area contributed by atoms with E-state index in [1.165, 1.54) is 7.11 Å². The van der Waals surface area contributed by atoms with Gasteiger partial charge in [-0.2, -0.15) is 5.10 Å². The van der Waals surface area contributed by atoms with E-state index in [4.69, 9.17) is 45.3 Å². The SMILES string of the molecule is COc1cc(N)c(Cl)cc1-c1n[nH]c(-c2cccc(Cl)c2Cl)n1. The molecule has 1 aromatic heterocycles. The molecule has 1 heterocycles. The van der Waals surface area contributed by atoms with E-state index >= 15 is 0 Å². The standard InChI is InChI=1S/C15H11Cl3N4O/c1-23-12-6-11(19)10(17)5-8(12)15-20-14(21-22-15)7-3-2-4-9(16)13(7)18/h2-6H,19H2,1H3,(H,20,21,22). The fraction of sp³-hybridized carbons (Fsp3) is 0.0667. The average molecular weight is 370 g/mol. The average Bonchev–Trinajstić information content (AvgIpc) is 3.01. The van der Waals surface area contributed by atoms with E-state index in [0.29, 0.717) is 49.3 Å². The minimum absolute atomic E-state index is 0.396. The van der Waals surface area contributed by atoms with E-state index in [1.54, 1.807) is 30.3 Å². The molecule has 0 spiro atoms. The van der Waals surface area contributed by atoms with Gasteiger partial charge in [0.1, 0.15) is 5.75 Å². The first-order valence-corrected chi connectivity index (χ1v) is 7.65. The lowest BCUT2D eigenvalue weighted by Crippen LogP contribution is -1.94. The molecule has 0 radical (unpaired) electrons. The highest BCUT2D eigenvalue weighted by atomic mass is 35.5. The molecule has 23 heavy (non-hydrogen) atoms. The molecule has 0 saturated heterocycles. The van der Waals surface area contributed by atoms with E-state index in [9.17, 15) is 0 Å². The van der Waals surface area contributed by atoms with Crippen molar-refractivity contribution >= 4 is 40.5 Å². The number of nitrogens with two attached hydrogens (primary N) is 1. The van der Waals surface area contributed by atoms with Crippen LogP contribution in [0.5, 0.6) is 5.75 Å². The van der Waals surface area contributed by atoms with Crippen LogP contribution in [0, 0.1) is 0 Å². The van der Waals surface area contributed by atoms with Crippen molar-refractivity contribution in [3.63, 3.8) is 0 Å². The summed E-state index contributed by atoms with van der Waals surface area (Å²) >= 11 is 18.3. The van der Waals surface area contributed by atoms with Gasteiger partial charge >= 0.3 is 0 Å². The van der Waals surface area contributed by atoms with Gasteiger partial charge in [0.05, 0.1) is 33.4 Å². The zero-order valence-corrected chi connectivity index (χ0v) is 14.2. The van der Waals surface area contributed by atoms with Crippen LogP contribution in [0.4, 0.5) is 5.69 Å². The Morgan fingerprint density at radius 1 is 1.09 bits per heavy atom. The molecule has 0 bridgehead atoms. The number of H-pyrrole nitrogens is 1. The fourth-order valence-electron chi connectivity index (χ4n) is 2.10. The Morgan fingerprint density at radius 2 is 1.87 bits per heavy atom. The molecule has 0 aliphatic carbocycles. The largest absolute Gasteiger partial charge is 0.496 e. The number of methoxy groups -OCH3 is 1. The smallest absolute Gasteiger partial charge is 0.185 e. The molecular formula is C15H11Cl3N4O. The van der Waals surface area contributed by atoms with Gasteiger partial charge in [-0.25, -0.2) is 4.98 Å². The van der Waals surface area contributed by atoms with Crippen LogP contribution in [0.15, 0.2) is 30.3 Å². The molecule has 0 saturated carbocycles. The van der Waals surface area contributed by atoms with Crippen molar-refractivity contribution in [2.45, 2.75) is 0 Å². The van der Waals surface area contributed by atoms with Crippen molar-refractivity contribution in [1.29, 1.82) is 0 Å². The van der Waals surface area contributed by atoms with Crippen LogP contribution >= 0.6 is 34.8 Å². The van der Waals surface area contributed by atoms with Gasteiger partial charge in [-0.1, -0.05) is 40.9 Å². The summed E-state index contributed by atoms with van der Waals surface area (Å²) in [6.45, 7) is 0. The summed E-state index contributed by atoms with van der Waals surface area (Å²) in [6.07, 6.45) is 0. The monoisotopic (exact) mass is 368 g/mol. The maximum atomic E-state index is 6.21. The molecule has 0 amide bonds. The molecule has 3 aromatic rings. The van der Waals surface area contributed by atoms with Crippen LogP contribution < -0.4 is 10.5 Å². The number of aromatic nitrogens is 3. The number of ether oxygens (including phenoxy) is 1. The summed E-state index contributed by atoms with van der Waals surface area (Å²) in [7, 11) is 1.54. The molecule has 0 aliphatic rings. The maximum absolute atomic E-state index is 6.21. The zero-order valence-electron chi connectivity index (χ0n) is 11.9. The number of nitrogens with one attached hydrogen (secondary N) is 1. The summed E-state index contributed by atoms with van der Waals surface area (Å²) in [5.41, 5.74) is 7.47. The van der Waals surface area contributed by atoms with Gasteiger partial charge in [0, 0.05) is 11.6 Å². The molecule has 3 N–H and O–H groups in total. The van der Waals surface area contributed by atoms with Crippen molar-refractivity contribution < 1.29 is 4.74 Å². The highest BCUT2D eigenvalue weighted by molar-refractivity contribution is 6.43. The minimum Gasteiger partial charge on any atom is -0.496 e. The first kappa shape index (κ1) is 15.9. The zero-order chi connectivity index (χ0) is 16.6. The van der Waals surface area contributed by atoms with Crippen molar-refractivity contribution in [2.24, 2.45) is 0 Å². The second-order valence-corrected chi connectivity index (χ2v) is 5.88. The maximum Gasteiger partial charge on any atom is 0.185 e. The normalized spacial score (nSPS) is 10.8. The third-order valence-electron chi connectivity index (χ3n) is 3.25. The number of benzene rings is 2. The van der Waals surface area contributed by atoms with Gasteiger partial charge in [0.15, 0.2) is 11.6 Å². The molecule has 0 atom stereocenters. The van der Waals surface area contributed by atoms with Gasteiger partial charge in [0.2, 0.25) is 0 Å². The van der Waals surface area contributed by atoms with Crippen molar-refractivity contribution in [2.75, 3.05) is 12.8 Å². The van der Waals surface area contributed by atoms with Crippen LogP contribution in [0.3, 0.4) is 0 Å². The highest BCUT2D eigenvalue weighted by Crippen LogP contribution is 2.36.